The Hall–Kier alpha value is -2.41. The number of nitrogens with one attached hydrogen (secondary N) is 2. The van der Waals surface area contributed by atoms with Crippen molar-refractivity contribution in [2.45, 2.75) is 50.2 Å². The molecule has 27 heavy (non-hydrogen) atoms. The van der Waals surface area contributed by atoms with Crippen molar-refractivity contribution >= 4 is 23.4 Å². The minimum atomic E-state index is -0.899. The van der Waals surface area contributed by atoms with Crippen molar-refractivity contribution in [2.75, 3.05) is 18.4 Å². The number of amides is 3. The average Bonchev–Trinajstić information content (AvgIpc) is 2.77. The fourth-order valence-corrected chi connectivity index (χ4v) is 4.56. The molecule has 1 saturated heterocycles. The molecule has 3 amide bonds. The second kappa shape index (κ2) is 6.96. The molecule has 3 aliphatic rings. The van der Waals surface area contributed by atoms with Gasteiger partial charge in [-0.1, -0.05) is 25.0 Å². The molecule has 1 saturated carbocycles. The van der Waals surface area contributed by atoms with Crippen molar-refractivity contribution < 1.29 is 19.5 Å². The number of benzene rings is 1. The van der Waals surface area contributed by atoms with Crippen LogP contribution in [0.3, 0.4) is 0 Å². The fourth-order valence-electron chi connectivity index (χ4n) is 4.56. The third kappa shape index (κ3) is 3.43. The van der Waals surface area contributed by atoms with E-state index in [4.69, 9.17) is 0 Å². The number of aliphatic hydroxyl groups is 1. The standard InChI is InChI=1S/C20H25N3O4/c24-17(23-10-9-20(27)8-4-3-5-13(20)12-23)11-16-19(26)21-15-7-2-1-6-14(15)18(25)22-16/h1-2,6-7,13,16,27H,3-5,8-12H2,(H,21,26)(H,22,25)/t13-,16-,20+/m1/s1. The smallest absolute Gasteiger partial charge is 0.254 e. The summed E-state index contributed by atoms with van der Waals surface area (Å²) in [4.78, 5) is 39.4. The number of fused-ring (bicyclic) bond motifs is 2. The van der Waals surface area contributed by atoms with Gasteiger partial charge in [-0.3, -0.25) is 14.4 Å². The van der Waals surface area contributed by atoms with Gasteiger partial charge in [0, 0.05) is 19.0 Å². The maximum atomic E-state index is 12.8. The number of hydrogen-bond donors (Lipinski definition) is 3. The molecule has 0 aromatic heterocycles. The predicted octanol–water partition coefficient (Wildman–Crippen LogP) is 1.28. The quantitative estimate of drug-likeness (QED) is 0.729. The lowest BCUT2D eigenvalue weighted by molar-refractivity contribution is -0.144. The average molecular weight is 371 g/mol. The Balaban J connectivity index is 1.43. The predicted molar refractivity (Wildman–Crippen MR) is 99.0 cm³/mol. The number of likely N-dealkylation sites (tertiary alicyclic amines) is 1. The largest absolute Gasteiger partial charge is 0.389 e. The Kier molecular flexibility index (Phi) is 4.63. The summed E-state index contributed by atoms with van der Waals surface area (Å²) < 4.78 is 0. The molecule has 2 fully saturated rings. The van der Waals surface area contributed by atoms with Crippen LogP contribution in [-0.2, 0) is 9.59 Å². The first-order valence-corrected chi connectivity index (χ1v) is 9.67. The van der Waals surface area contributed by atoms with E-state index in [2.05, 4.69) is 10.6 Å². The summed E-state index contributed by atoms with van der Waals surface area (Å²) in [7, 11) is 0. The number of piperidine rings is 1. The Morgan fingerprint density at radius 3 is 2.89 bits per heavy atom. The fraction of sp³-hybridized carbons (Fsp3) is 0.550. The summed E-state index contributed by atoms with van der Waals surface area (Å²) in [5.41, 5.74) is 0.205. The molecular weight excluding hydrogens is 346 g/mol. The van der Waals surface area contributed by atoms with E-state index in [0.29, 0.717) is 30.8 Å². The molecule has 3 atom stereocenters. The third-order valence-corrected chi connectivity index (χ3v) is 6.21. The summed E-state index contributed by atoms with van der Waals surface area (Å²) in [6.07, 6.45) is 4.36. The van der Waals surface area contributed by atoms with Gasteiger partial charge in [0.25, 0.3) is 5.91 Å². The van der Waals surface area contributed by atoms with E-state index in [9.17, 15) is 19.5 Å². The molecule has 1 aromatic carbocycles. The SMILES string of the molecule is O=C1N[C@H](CC(=O)N2CC[C@@]3(O)CCCC[C@@H]3C2)C(=O)Nc2ccccc21. The van der Waals surface area contributed by atoms with E-state index in [0.717, 1.165) is 25.7 Å². The maximum absolute atomic E-state index is 12.8. The van der Waals surface area contributed by atoms with Crippen molar-refractivity contribution in [3.8, 4) is 0 Å². The van der Waals surface area contributed by atoms with Crippen LogP contribution in [0.2, 0.25) is 0 Å². The third-order valence-electron chi connectivity index (χ3n) is 6.21. The monoisotopic (exact) mass is 371 g/mol. The van der Waals surface area contributed by atoms with Crippen molar-refractivity contribution in [1.29, 1.82) is 0 Å². The molecule has 3 N–H and O–H groups in total. The second-order valence-electron chi connectivity index (χ2n) is 7.90. The normalized spacial score (nSPS) is 30.5. The van der Waals surface area contributed by atoms with E-state index < -0.39 is 11.6 Å². The van der Waals surface area contributed by atoms with Gasteiger partial charge >= 0.3 is 0 Å². The van der Waals surface area contributed by atoms with Gasteiger partial charge in [0.2, 0.25) is 11.8 Å². The van der Waals surface area contributed by atoms with Crippen LogP contribution in [0, 0.1) is 5.92 Å². The van der Waals surface area contributed by atoms with E-state index in [1.807, 2.05) is 0 Å². The zero-order valence-corrected chi connectivity index (χ0v) is 15.2. The lowest BCUT2D eigenvalue weighted by Gasteiger charge is -2.47. The zero-order valence-electron chi connectivity index (χ0n) is 15.2. The number of anilines is 1. The molecule has 0 bridgehead atoms. The van der Waals surface area contributed by atoms with Crippen molar-refractivity contribution in [3.05, 3.63) is 29.8 Å². The Morgan fingerprint density at radius 2 is 2.04 bits per heavy atom. The topological polar surface area (TPSA) is 98.7 Å². The van der Waals surface area contributed by atoms with Crippen LogP contribution in [0.15, 0.2) is 24.3 Å². The summed E-state index contributed by atoms with van der Waals surface area (Å²) in [5, 5.41) is 16.2. The first kappa shape index (κ1) is 18.0. The summed E-state index contributed by atoms with van der Waals surface area (Å²) in [6.45, 7) is 1.02. The Bertz CT molecular complexity index is 780. The van der Waals surface area contributed by atoms with Gasteiger partial charge < -0.3 is 20.6 Å². The van der Waals surface area contributed by atoms with E-state index in [1.165, 1.54) is 0 Å². The van der Waals surface area contributed by atoms with Crippen LogP contribution in [0.5, 0.6) is 0 Å². The maximum Gasteiger partial charge on any atom is 0.254 e. The molecule has 2 aliphatic heterocycles. The van der Waals surface area contributed by atoms with Gasteiger partial charge in [0.1, 0.15) is 6.04 Å². The number of rotatable bonds is 2. The Morgan fingerprint density at radius 1 is 1.22 bits per heavy atom. The highest BCUT2D eigenvalue weighted by atomic mass is 16.3. The highest BCUT2D eigenvalue weighted by Crippen LogP contribution is 2.39. The van der Waals surface area contributed by atoms with Gasteiger partial charge in [0.05, 0.1) is 23.3 Å². The molecule has 7 heteroatoms. The first-order chi connectivity index (χ1) is 13.0. The lowest BCUT2D eigenvalue weighted by atomic mass is 9.71. The molecule has 7 nitrogen and oxygen atoms in total. The zero-order chi connectivity index (χ0) is 19.0. The molecule has 0 unspecified atom stereocenters. The first-order valence-electron chi connectivity index (χ1n) is 9.67. The van der Waals surface area contributed by atoms with Crippen LogP contribution in [0.25, 0.3) is 0 Å². The summed E-state index contributed by atoms with van der Waals surface area (Å²) >= 11 is 0. The molecule has 0 spiro atoms. The van der Waals surface area contributed by atoms with Gasteiger partial charge in [-0.2, -0.15) is 0 Å². The van der Waals surface area contributed by atoms with E-state index >= 15 is 0 Å². The number of carbonyl (C=O) groups is 3. The number of hydrogen-bond acceptors (Lipinski definition) is 4. The van der Waals surface area contributed by atoms with Crippen molar-refractivity contribution in [3.63, 3.8) is 0 Å². The minimum Gasteiger partial charge on any atom is -0.389 e. The van der Waals surface area contributed by atoms with Crippen LogP contribution < -0.4 is 10.6 Å². The summed E-state index contributed by atoms with van der Waals surface area (Å²) in [6, 6.07) is 5.89. The number of nitrogens with zero attached hydrogens (tertiary/aromatic N) is 1. The second-order valence-corrected chi connectivity index (χ2v) is 7.90. The highest BCUT2D eigenvalue weighted by Gasteiger charge is 2.44. The number of para-hydroxylation sites is 1. The molecule has 0 radical (unpaired) electrons. The molecule has 144 valence electrons. The van der Waals surface area contributed by atoms with Crippen molar-refractivity contribution in [1.82, 2.24) is 10.2 Å². The molecule has 2 heterocycles. The van der Waals surface area contributed by atoms with Crippen LogP contribution in [0.4, 0.5) is 5.69 Å². The van der Waals surface area contributed by atoms with E-state index in [1.54, 1.807) is 29.2 Å². The minimum absolute atomic E-state index is 0.0727. The summed E-state index contributed by atoms with van der Waals surface area (Å²) in [5.74, 6) is -0.797. The highest BCUT2D eigenvalue weighted by molar-refractivity contribution is 6.10. The van der Waals surface area contributed by atoms with Crippen molar-refractivity contribution in [2.24, 2.45) is 5.92 Å². The molecule has 1 aromatic rings. The molecule has 1 aliphatic carbocycles. The van der Waals surface area contributed by atoms with Gasteiger partial charge in [0.15, 0.2) is 0 Å². The van der Waals surface area contributed by atoms with Gasteiger partial charge in [-0.25, -0.2) is 0 Å². The Labute approximate surface area is 158 Å². The molecular formula is C20H25N3O4. The molecule has 4 rings (SSSR count). The lowest BCUT2D eigenvalue weighted by Crippen LogP contribution is -2.55. The van der Waals surface area contributed by atoms with Crippen LogP contribution in [0.1, 0.15) is 48.9 Å². The van der Waals surface area contributed by atoms with Crippen LogP contribution in [-0.4, -0.2) is 52.5 Å². The number of carbonyl (C=O) groups excluding carboxylic acids is 3. The van der Waals surface area contributed by atoms with Crippen LogP contribution >= 0.6 is 0 Å². The van der Waals surface area contributed by atoms with Gasteiger partial charge in [-0.15, -0.1) is 0 Å². The van der Waals surface area contributed by atoms with Gasteiger partial charge in [-0.05, 0) is 31.4 Å². The van der Waals surface area contributed by atoms with E-state index in [-0.39, 0.29) is 30.1 Å².